The van der Waals surface area contributed by atoms with E-state index in [9.17, 15) is 34.4 Å². The molecule has 1 unspecified atom stereocenters. The second-order valence-corrected chi connectivity index (χ2v) is 12.1. The van der Waals surface area contributed by atoms with E-state index in [1.807, 2.05) is 0 Å². The number of halogens is 4. The Balaban J connectivity index is 1.74. The molecule has 0 fully saturated rings. The minimum absolute atomic E-state index is 0.0206. The smallest absolute Gasteiger partial charge is 0.406 e. The lowest BCUT2D eigenvalue weighted by Gasteiger charge is -2.16. The van der Waals surface area contributed by atoms with Crippen molar-refractivity contribution in [1.29, 1.82) is 0 Å². The number of aryl methyl sites for hydroxylation is 1. The van der Waals surface area contributed by atoms with E-state index in [2.05, 4.69) is 9.46 Å². The van der Waals surface area contributed by atoms with Crippen LogP contribution in [-0.4, -0.2) is 29.5 Å². The van der Waals surface area contributed by atoms with Gasteiger partial charge in [0.05, 0.1) is 11.2 Å². The molecular formula is C24H21F4NO5S2. The lowest BCUT2D eigenvalue weighted by atomic mass is 10.00. The molecule has 3 aromatic carbocycles. The molecule has 4 rings (SSSR count). The number of fused-ring (bicyclic) bond motifs is 1. The van der Waals surface area contributed by atoms with E-state index in [1.165, 1.54) is 18.2 Å². The molecule has 36 heavy (non-hydrogen) atoms. The van der Waals surface area contributed by atoms with Gasteiger partial charge in [0.25, 0.3) is 0 Å². The van der Waals surface area contributed by atoms with Gasteiger partial charge in [0.2, 0.25) is 19.9 Å². The zero-order chi connectivity index (χ0) is 26.3. The Labute approximate surface area is 205 Å². The average Bonchev–Trinajstić information content (AvgIpc) is 3.14. The number of nitrogens with one attached hydrogen (secondary N) is 1. The lowest BCUT2D eigenvalue weighted by molar-refractivity contribution is -0.274. The van der Waals surface area contributed by atoms with Crippen LogP contribution >= 0.6 is 0 Å². The van der Waals surface area contributed by atoms with Crippen molar-refractivity contribution in [2.45, 2.75) is 41.5 Å². The van der Waals surface area contributed by atoms with Crippen LogP contribution in [0.25, 0.3) is 0 Å². The molecule has 6 nitrogen and oxygen atoms in total. The number of hydrogen-bond donors (Lipinski definition) is 1. The third-order valence-electron chi connectivity index (χ3n) is 5.72. The van der Waals surface area contributed by atoms with Crippen LogP contribution < -0.4 is 9.46 Å². The van der Waals surface area contributed by atoms with Gasteiger partial charge in [-0.15, -0.1) is 13.2 Å². The van der Waals surface area contributed by atoms with Crippen LogP contribution in [0.3, 0.4) is 0 Å². The highest BCUT2D eigenvalue weighted by atomic mass is 32.2. The standard InChI is InChI=1S/C24H21F4NO5S2/c1-35(30,31)29-21-11-8-16-12-15(6-10-19(16)21)13-17-7-9-18(34-24(26,27)28)14-23(17)36(32,33)22-5-3-2-4-20(22)25/h2-7,9-10,12,14,21,29H,8,11,13H2,1H3. The van der Waals surface area contributed by atoms with Gasteiger partial charge in [-0.2, -0.15) is 0 Å². The van der Waals surface area contributed by atoms with Gasteiger partial charge in [-0.3, -0.25) is 0 Å². The Bertz CT molecular complexity index is 1520. The third-order valence-corrected chi connectivity index (χ3v) is 8.31. The van der Waals surface area contributed by atoms with Crippen LogP contribution in [-0.2, 0) is 32.7 Å². The Morgan fingerprint density at radius 3 is 2.36 bits per heavy atom. The lowest BCUT2D eigenvalue weighted by Crippen LogP contribution is -2.25. The summed E-state index contributed by atoms with van der Waals surface area (Å²) in [6.45, 7) is 0. The number of rotatable bonds is 7. The van der Waals surface area contributed by atoms with Crippen molar-refractivity contribution in [1.82, 2.24) is 4.72 Å². The molecule has 192 valence electrons. The summed E-state index contributed by atoms with van der Waals surface area (Å²) in [6.07, 6.45) is -2.80. The summed E-state index contributed by atoms with van der Waals surface area (Å²) in [7, 11) is -7.96. The number of benzene rings is 3. The highest BCUT2D eigenvalue weighted by Gasteiger charge is 2.33. The first-order valence-electron chi connectivity index (χ1n) is 10.7. The van der Waals surface area contributed by atoms with E-state index >= 15 is 0 Å². The number of ether oxygens (including phenoxy) is 1. The van der Waals surface area contributed by atoms with Gasteiger partial charge >= 0.3 is 6.36 Å². The van der Waals surface area contributed by atoms with Crippen molar-refractivity contribution in [2.24, 2.45) is 0 Å². The summed E-state index contributed by atoms with van der Waals surface area (Å²) in [5.74, 6) is -1.78. The summed E-state index contributed by atoms with van der Waals surface area (Å²) in [5.41, 5.74) is 2.49. The van der Waals surface area contributed by atoms with Gasteiger partial charge < -0.3 is 4.74 Å². The first-order chi connectivity index (χ1) is 16.7. The van der Waals surface area contributed by atoms with Crippen LogP contribution in [0.5, 0.6) is 5.75 Å². The zero-order valence-corrected chi connectivity index (χ0v) is 20.5. The van der Waals surface area contributed by atoms with Gasteiger partial charge in [-0.1, -0.05) is 36.4 Å². The number of sulfonamides is 1. The summed E-state index contributed by atoms with van der Waals surface area (Å²) >= 11 is 0. The van der Waals surface area contributed by atoms with Crippen molar-refractivity contribution in [3.05, 3.63) is 88.7 Å². The zero-order valence-electron chi connectivity index (χ0n) is 18.8. The van der Waals surface area contributed by atoms with E-state index in [4.69, 9.17) is 0 Å². The minimum Gasteiger partial charge on any atom is -0.406 e. The van der Waals surface area contributed by atoms with Crippen LogP contribution in [0.1, 0.15) is 34.7 Å². The van der Waals surface area contributed by atoms with Crippen LogP contribution in [0, 0.1) is 5.82 Å². The molecule has 0 saturated heterocycles. The second kappa shape index (κ2) is 9.49. The van der Waals surface area contributed by atoms with E-state index in [-0.39, 0.29) is 18.0 Å². The molecule has 0 radical (unpaired) electrons. The highest BCUT2D eigenvalue weighted by Crippen LogP contribution is 2.35. The highest BCUT2D eigenvalue weighted by molar-refractivity contribution is 7.91. The molecule has 12 heteroatoms. The molecule has 3 aromatic rings. The Morgan fingerprint density at radius 1 is 0.972 bits per heavy atom. The maximum Gasteiger partial charge on any atom is 0.573 e. The van der Waals surface area contributed by atoms with Crippen LogP contribution in [0.15, 0.2) is 70.5 Å². The van der Waals surface area contributed by atoms with Gasteiger partial charge in [-0.05, 0) is 65.8 Å². The molecule has 1 aliphatic carbocycles. The quantitative estimate of drug-likeness (QED) is 0.437. The normalized spacial score (nSPS) is 16.1. The predicted molar refractivity (Wildman–Crippen MR) is 123 cm³/mol. The maximum absolute atomic E-state index is 14.4. The maximum atomic E-state index is 14.4. The Kier molecular flexibility index (Phi) is 6.88. The molecule has 0 saturated carbocycles. The topological polar surface area (TPSA) is 89.5 Å². The van der Waals surface area contributed by atoms with E-state index in [0.717, 1.165) is 41.6 Å². The third kappa shape index (κ3) is 5.88. The van der Waals surface area contributed by atoms with Crippen molar-refractivity contribution >= 4 is 19.9 Å². The van der Waals surface area contributed by atoms with Crippen molar-refractivity contribution in [3.63, 3.8) is 0 Å². The first kappa shape index (κ1) is 26.1. The summed E-state index contributed by atoms with van der Waals surface area (Å²) in [4.78, 5) is -1.18. The minimum atomic E-state index is -5.04. The fourth-order valence-electron chi connectivity index (χ4n) is 4.29. The average molecular weight is 544 g/mol. The van der Waals surface area contributed by atoms with Gasteiger partial charge in [-0.25, -0.2) is 25.9 Å². The molecule has 1 N–H and O–H groups in total. The van der Waals surface area contributed by atoms with Crippen molar-refractivity contribution < 1.29 is 39.1 Å². The Morgan fingerprint density at radius 2 is 1.69 bits per heavy atom. The van der Waals surface area contributed by atoms with E-state index < -0.39 is 47.6 Å². The van der Waals surface area contributed by atoms with Crippen LogP contribution in [0.4, 0.5) is 17.6 Å². The van der Waals surface area contributed by atoms with Crippen molar-refractivity contribution in [2.75, 3.05) is 6.26 Å². The number of sulfone groups is 1. The van der Waals surface area contributed by atoms with E-state index in [0.29, 0.717) is 18.4 Å². The first-order valence-corrected chi connectivity index (χ1v) is 14.1. The molecule has 0 aromatic heterocycles. The van der Waals surface area contributed by atoms with Crippen LogP contribution in [0.2, 0.25) is 0 Å². The van der Waals surface area contributed by atoms with Gasteiger partial charge in [0.15, 0.2) is 0 Å². The van der Waals surface area contributed by atoms with Gasteiger partial charge in [0, 0.05) is 6.04 Å². The largest absolute Gasteiger partial charge is 0.573 e. The van der Waals surface area contributed by atoms with Crippen molar-refractivity contribution in [3.8, 4) is 5.75 Å². The fraction of sp³-hybridized carbons (Fsp3) is 0.250. The molecule has 1 atom stereocenters. The van der Waals surface area contributed by atoms with E-state index in [1.54, 1.807) is 18.2 Å². The molecule has 0 amide bonds. The molecule has 0 spiro atoms. The summed E-state index contributed by atoms with van der Waals surface area (Å²) in [5, 5.41) is 0. The molecular weight excluding hydrogens is 522 g/mol. The Hall–Kier alpha value is -2.96. The molecule has 0 bridgehead atoms. The predicted octanol–water partition coefficient (Wildman–Crippen LogP) is 4.68. The number of hydrogen-bond acceptors (Lipinski definition) is 5. The molecule has 1 aliphatic rings. The summed E-state index contributed by atoms with van der Waals surface area (Å²) < 4.78 is 109. The monoisotopic (exact) mass is 543 g/mol. The number of alkyl halides is 3. The SMILES string of the molecule is CS(=O)(=O)NC1CCc2cc(Cc3ccc(OC(F)(F)F)cc3S(=O)(=O)c3ccccc3F)ccc21. The second-order valence-electron chi connectivity index (χ2n) is 8.44. The fourth-order valence-corrected chi connectivity index (χ4v) is 6.63. The van der Waals surface area contributed by atoms with Gasteiger partial charge in [0.1, 0.15) is 16.5 Å². The molecule has 0 aliphatic heterocycles. The molecule has 0 heterocycles. The summed E-state index contributed by atoms with van der Waals surface area (Å²) in [6, 6.07) is 12.4.